The highest BCUT2D eigenvalue weighted by molar-refractivity contribution is 5.13. The van der Waals surface area contributed by atoms with E-state index >= 15 is 0 Å². The molecule has 1 aliphatic rings. The number of rotatable bonds is 6. The molecule has 1 aromatic carbocycles. The summed E-state index contributed by atoms with van der Waals surface area (Å²) in [7, 11) is 0. The molecule has 0 amide bonds. The zero-order valence-electron chi connectivity index (χ0n) is 11.4. The molecule has 0 aromatic heterocycles. The molecule has 19 heavy (non-hydrogen) atoms. The first kappa shape index (κ1) is 14.3. The van der Waals surface area contributed by atoms with Crippen LogP contribution in [0.3, 0.4) is 0 Å². The maximum atomic E-state index is 5.87. The minimum atomic E-state index is 0.151. The molecule has 0 spiro atoms. The highest BCUT2D eigenvalue weighted by Gasteiger charge is 2.18. The van der Waals surface area contributed by atoms with Crippen molar-refractivity contribution in [2.75, 3.05) is 26.3 Å². The van der Waals surface area contributed by atoms with E-state index in [0.717, 1.165) is 26.1 Å². The lowest BCUT2D eigenvalue weighted by atomic mass is 10.1. The molecule has 1 N–H and O–H groups in total. The van der Waals surface area contributed by atoms with Gasteiger partial charge in [0.1, 0.15) is 0 Å². The van der Waals surface area contributed by atoms with Gasteiger partial charge in [-0.05, 0) is 17.9 Å². The van der Waals surface area contributed by atoms with Gasteiger partial charge in [0.2, 0.25) is 0 Å². The quantitative estimate of drug-likeness (QED) is 0.798. The Kier molecular flexibility index (Phi) is 6.08. The molecule has 1 unspecified atom stereocenters. The van der Waals surface area contributed by atoms with Crippen molar-refractivity contribution in [2.24, 2.45) is 5.92 Å². The summed E-state index contributed by atoms with van der Waals surface area (Å²) in [4.78, 5) is 0. The summed E-state index contributed by atoms with van der Waals surface area (Å²) in [6.45, 7) is 7.73. The van der Waals surface area contributed by atoms with Crippen LogP contribution < -0.4 is 5.32 Å². The second-order valence-corrected chi connectivity index (χ2v) is 5.00. The van der Waals surface area contributed by atoms with E-state index in [4.69, 9.17) is 9.47 Å². The molecule has 3 nitrogen and oxygen atoms in total. The lowest BCUT2D eigenvalue weighted by Gasteiger charge is -2.16. The Morgan fingerprint density at radius 2 is 2.16 bits per heavy atom. The van der Waals surface area contributed by atoms with Gasteiger partial charge in [0.05, 0.1) is 25.9 Å². The van der Waals surface area contributed by atoms with Crippen LogP contribution in [0.4, 0.5) is 0 Å². The fourth-order valence-corrected chi connectivity index (χ4v) is 2.22. The summed E-state index contributed by atoms with van der Waals surface area (Å²) in [5.41, 5.74) is 1.20. The second kappa shape index (κ2) is 8.10. The molecule has 2 rings (SSSR count). The molecule has 2 atom stereocenters. The minimum Gasteiger partial charge on any atom is -0.374 e. The molecule has 0 saturated carbocycles. The average molecular weight is 261 g/mol. The Hall–Kier alpha value is -1.16. The van der Waals surface area contributed by atoms with E-state index in [0.29, 0.717) is 19.1 Å². The summed E-state index contributed by atoms with van der Waals surface area (Å²) in [5.74, 6) is 0.539. The smallest absolute Gasteiger partial charge is 0.0932 e. The van der Waals surface area contributed by atoms with Crippen LogP contribution in [-0.4, -0.2) is 32.4 Å². The largest absolute Gasteiger partial charge is 0.374 e. The third-order valence-electron chi connectivity index (χ3n) is 3.29. The summed E-state index contributed by atoms with van der Waals surface area (Å²) < 4.78 is 11.6. The van der Waals surface area contributed by atoms with E-state index in [2.05, 4.69) is 24.0 Å². The van der Waals surface area contributed by atoms with E-state index in [-0.39, 0.29) is 6.10 Å². The Morgan fingerprint density at radius 3 is 2.95 bits per heavy atom. The van der Waals surface area contributed by atoms with Crippen LogP contribution >= 0.6 is 0 Å². The van der Waals surface area contributed by atoms with Crippen molar-refractivity contribution >= 4 is 0 Å². The maximum absolute atomic E-state index is 5.87. The summed E-state index contributed by atoms with van der Waals surface area (Å²) in [6.07, 6.45) is 3.12. The molecule has 0 bridgehead atoms. The van der Waals surface area contributed by atoms with E-state index < -0.39 is 0 Å². The van der Waals surface area contributed by atoms with Gasteiger partial charge < -0.3 is 14.8 Å². The van der Waals surface area contributed by atoms with Crippen LogP contribution in [0.5, 0.6) is 0 Å². The van der Waals surface area contributed by atoms with Crippen LogP contribution in [0.25, 0.3) is 0 Å². The zero-order valence-corrected chi connectivity index (χ0v) is 11.4. The van der Waals surface area contributed by atoms with Gasteiger partial charge in [-0.25, -0.2) is 0 Å². The van der Waals surface area contributed by atoms with Crippen LogP contribution in [0.2, 0.25) is 0 Å². The third kappa shape index (κ3) is 5.15. The lowest BCUT2D eigenvalue weighted by Crippen LogP contribution is -2.30. The van der Waals surface area contributed by atoms with Crippen LogP contribution in [0, 0.1) is 5.92 Å². The minimum absolute atomic E-state index is 0.151. The number of ether oxygens (including phenoxy) is 2. The highest BCUT2D eigenvalue weighted by Crippen LogP contribution is 2.10. The topological polar surface area (TPSA) is 30.5 Å². The van der Waals surface area contributed by atoms with Crippen molar-refractivity contribution in [3.05, 3.63) is 48.6 Å². The lowest BCUT2D eigenvalue weighted by molar-refractivity contribution is -0.0205. The van der Waals surface area contributed by atoms with Gasteiger partial charge in [0.25, 0.3) is 0 Å². The fourth-order valence-electron chi connectivity index (χ4n) is 2.22. The Morgan fingerprint density at radius 1 is 1.32 bits per heavy atom. The van der Waals surface area contributed by atoms with Crippen molar-refractivity contribution in [1.29, 1.82) is 0 Å². The van der Waals surface area contributed by atoms with Crippen molar-refractivity contribution < 1.29 is 9.47 Å². The fraction of sp³-hybridized carbons (Fsp3) is 0.500. The molecule has 0 radical (unpaired) electrons. The molecule has 1 aromatic rings. The van der Waals surface area contributed by atoms with Crippen molar-refractivity contribution in [1.82, 2.24) is 5.32 Å². The third-order valence-corrected chi connectivity index (χ3v) is 3.29. The van der Waals surface area contributed by atoms with Crippen LogP contribution in [-0.2, 0) is 16.1 Å². The van der Waals surface area contributed by atoms with E-state index in [1.54, 1.807) is 0 Å². The molecular formula is C16H23NO2. The first-order valence-corrected chi connectivity index (χ1v) is 6.93. The van der Waals surface area contributed by atoms with E-state index in [1.165, 1.54) is 5.56 Å². The molecule has 1 fully saturated rings. The average Bonchev–Trinajstić information content (AvgIpc) is 2.66. The normalized spacial score (nSPS) is 23.8. The van der Waals surface area contributed by atoms with Crippen LogP contribution in [0.15, 0.2) is 43.0 Å². The molecule has 104 valence electrons. The number of nitrogens with one attached hydrogen (secondary N) is 1. The van der Waals surface area contributed by atoms with Gasteiger partial charge in [-0.15, -0.1) is 6.58 Å². The summed E-state index contributed by atoms with van der Waals surface area (Å²) in [5, 5.41) is 3.43. The van der Waals surface area contributed by atoms with Gasteiger partial charge in [-0.1, -0.05) is 36.4 Å². The highest BCUT2D eigenvalue weighted by atomic mass is 16.5. The summed E-state index contributed by atoms with van der Waals surface area (Å²) in [6, 6.07) is 10.2. The first-order chi connectivity index (χ1) is 9.38. The van der Waals surface area contributed by atoms with Crippen molar-refractivity contribution in [3.63, 3.8) is 0 Å². The van der Waals surface area contributed by atoms with E-state index in [1.807, 2.05) is 24.3 Å². The van der Waals surface area contributed by atoms with Crippen LogP contribution in [0.1, 0.15) is 12.0 Å². The number of benzene rings is 1. The molecule has 3 heteroatoms. The first-order valence-electron chi connectivity index (χ1n) is 6.93. The monoisotopic (exact) mass is 261 g/mol. The van der Waals surface area contributed by atoms with Gasteiger partial charge in [0.15, 0.2) is 0 Å². The van der Waals surface area contributed by atoms with Gasteiger partial charge in [-0.3, -0.25) is 0 Å². The van der Waals surface area contributed by atoms with Crippen molar-refractivity contribution in [2.45, 2.75) is 19.1 Å². The number of hydrogen-bond donors (Lipinski definition) is 1. The zero-order chi connectivity index (χ0) is 13.3. The molecular weight excluding hydrogens is 238 g/mol. The molecule has 1 heterocycles. The van der Waals surface area contributed by atoms with Gasteiger partial charge >= 0.3 is 0 Å². The SMILES string of the molecule is C=CCC1CNC[C@@H](COCc2ccccc2)OC1. The standard InChI is InChI=1S/C16H23NO2/c1-2-6-15-9-17-10-16(19-12-15)13-18-11-14-7-4-3-5-8-14/h2-5,7-8,15-17H,1,6,9-13H2/t15?,16-/m0/s1. The Bertz CT molecular complexity index is 366. The predicted molar refractivity (Wildman–Crippen MR) is 77.0 cm³/mol. The number of allylic oxidation sites excluding steroid dienone is 1. The maximum Gasteiger partial charge on any atom is 0.0932 e. The summed E-state index contributed by atoms with van der Waals surface area (Å²) >= 11 is 0. The molecule has 1 saturated heterocycles. The van der Waals surface area contributed by atoms with E-state index in [9.17, 15) is 0 Å². The Balaban J connectivity index is 1.67. The van der Waals surface area contributed by atoms with Gasteiger partial charge in [-0.2, -0.15) is 0 Å². The van der Waals surface area contributed by atoms with Crippen molar-refractivity contribution in [3.8, 4) is 0 Å². The van der Waals surface area contributed by atoms with Gasteiger partial charge in [0, 0.05) is 13.1 Å². The molecule has 1 aliphatic heterocycles. The number of hydrogen-bond acceptors (Lipinski definition) is 3. The molecule has 0 aliphatic carbocycles. The Labute approximate surface area is 115 Å². The second-order valence-electron chi connectivity index (χ2n) is 5.00. The predicted octanol–water partition coefficient (Wildman–Crippen LogP) is 2.38.